The largest absolute Gasteiger partial charge is 0.295 e. The number of carbonyl (C=O) groups excluding carboxylic acids is 1. The van der Waals surface area contributed by atoms with E-state index in [0.29, 0.717) is 6.42 Å². The molecule has 2 aromatic carbocycles. The molecule has 1 fully saturated rings. The standard InChI is InChI=1S/C14H14N2O/c17-14-9-4-10-16(14)15-13-8-3-6-11-5-1-2-7-12(11)13/h1-3,5-8,15H,4,9-10H2. The average Bonchev–Trinajstić information content (AvgIpc) is 2.76. The minimum Gasteiger partial charge on any atom is -0.295 e. The molecule has 86 valence electrons. The molecular weight excluding hydrogens is 212 g/mol. The monoisotopic (exact) mass is 226 g/mol. The van der Waals surface area contributed by atoms with E-state index in [1.807, 2.05) is 24.3 Å². The summed E-state index contributed by atoms with van der Waals surface area (Å²) in [5, 5.41) is 4.04. The third-order valence-corrected chi connectivity index (χ3v) is 3.12. The van der Waals surface area contributed by atoms with Crippen molar-refractivity contribution in [2.45, 2.75) is 12.8 Å². The third kappa shape index (κ3) is 1.84. The van der Waals surface area contributed by atoms with E-state index in [4.69, 9.17) is 0 Å². The molecule has 0 aliphatic carbocycles. The smallest absolute Gasteiger partial charge is 0.240 e. The molecule has 17 heavy (non-hydrogen) atoms. The third-order valence-electron chi connectivity index (χ3n) is 3.12. The maximum atomic E-state index is 11.6. The van der Waals surface area contributed by atoms with Gasteiger partial charge in [-0.1, -0.05) is 36.4 Å². The van der Waals surface area contributed by atoms with Gasteiger partial charge in [-0.15, -0.1) is 0 Å². The van der Waals surface area contributed by atoms with Gasteiger partial charge in [0.2, 0.25) is 5.91 Å². The number of hydrogen-bond acceptors (Lipinski definition) is 2. The number of hydrazine groups is 1. The summed E-state index contributed by atoms with van der Waals surface area (Å²) in [7, 11) is 0. The molecule has 1 N–H and O–H groups in total. The van der Waals surface area contributed by atoms with Crippen molar-refractivity contribution in [3.63, 3.8) is 0 Å². The first-order valence-electron chi connectivity index (χ1n) is 5.89. The average molecular weight is 226 g/mol. The highest BCUT2D eigenvalue weighted by Gasteiger charge is 2.20. The van der Waals surface area contributed by atoms with Crippen molar-refractivity contribution in [2.75, 3.05) is 12.0 Å². The molecule has 3 nitrogen and oxygen atoms in total. The zero-order valence-electron chi connectivity index (χ0n) is 9.52. The lowest BCUT2D eigenvalue weighted by Gasteiger charge is -2.19. The van der Waals surface area contributed by atoms with Gasteiger partial charge in [-0.05, 0) is 17.9 Å². The first-order chi connectivity index (χ1) is 8.34. The van der Waals surface area contributed by atoms with Crippen LogP contribution in [0.15, 0.2) is 42.5 Å². The summed E-state index contributed by atoms with van der Waals surface area (Å²) in [6.07, 6.45) is 1.59. The van der Waals surface area contributed by atoms with Crippen molar-refractivity contribution in [3.05, 3.63) is 42.5 Å². The Kier molecular flexibility index (Phi) is 2.44. The van der Waals surface area contributed by atoms with Crippen LogP contribution in [0.5, 0.6) is 0 Å². The van der Waals surface area contributed by atoms with Crippen LogP contribution in [-0.2, 0) is 4.79 Å². The van der Waals surface area contributed by atoms with Gasteiger partial charge in [0.25, 0.3) is 0 Å². The molecule has 1 amide bonds. The Morgan fingerprint density at radius 3 is 2.71 bits per heavy atom. The first-order valence-corrected chi connectivity index (χ1v) is 5.89. The molecule has 3 rings (SSSR count). The molecular formula is C14H14N2O. The number of anilines is 1. The predicted molar refractivity (Wildman–Crippen MR) is 68.5 cm³/mol. The fourth-order valence-electron chi connectivity index (χ4n) is 2.23. The molecule has 1 saturated heterocycles. The molecule has 1 heterocycles. The molecule has 1 aliphatic rings. The molecule has 0 bridgehead atoms. The topological polar surface area (TPSA) is 32.3 Å². The maximum absolute atomic E-state index is 11.6. The van der Waals surface area contributed by atoms with Gasteiger partial charge in [-0.25, -0.2) is 0 Å². The number of nitrogens with one attached hydrogen (secondary N) is 1. The molecule has 0 unspecified atom stereocenters. The highest BCUT2D eigenvalue weighted by molar-refractivity contribution is 5.94. The molecule has 3 heteroatoms. The van der Waals surface area contributed by atoms with Gasteiger partial charge in [0, 0.05) is 18.4 Å². The molecule has 2 aromatic rings. The lowest BCUT2D eigenvalue weighted by molar-refractivity contribution is -0.126. The Bertz CT molecular complexity index is 560. The summed E-state index contributed by atoms with van der Waals surface area (Å²) in [6.45, 7) is 0.794. The summed E-state index contributed by atoms with van der Waals surface area (Å²) in [5.74, 6) is 0.179. The van der Waals surface area contributed by atoms with Gasteiger partial charge in [0.05, 0.1) is 5.69 Å². The van der Waals surface area contributed by atoms with E-state index in [-0.39, 0.29) is 5.91 Å². The van der Waals surface area contributed by atoms with Gasteiger partial charge < -0.3 is 0 Å². The normalized spacial score (nSPS) is 15.5. The Balaban J connectivity index is 1.97. The van der Waals surface area contributed by atoms with Crippen LogP contribution in [0.1, 0.15) is 12.8 Å². The number of fused-ring (bicyclic) bond motifs is 1. The van der Waals surface area contributed by atoms with E-state index in [2.05, 4.69) is 23.6 Å². The fourth-order valence-corrected chi connectivity index (χ4v) is 2.23. The van der Waals surface area contributed by atoms with E-state index in [1.54, 1.807) is 5.01 Å². The van der Waals surface area contributed by atoms with Crippen LogP contribution in [0.25, 0.3) is 10.8 Å². The van der Waals surface area contributed by atoms with E-state index < -0.39 is 0 Å². The predicted octanol–water partition coefficient (Wildman–Crippen LogP) is 2.79. The summed E-state index contributed by atoms with van der Waals surface area (Å²) in [5.41, 5.74) is 4.22. The zero-order valence-corrected chi connectivity index (χ0v) is 9.52. The number of amides is 1. The van der Waals surface area contributed by atoms with Crippen molar-refractivity contribution in [2.24, 2.45) is 0 Å². The molecule has 1 aliphatic heterocycles. The minimum atomic E-state index is 0.179. The molecule has 0 radical (unpaired) electrons. The second-order valence-electron chi connectivity index (χ2n) is 4.29. The quantitative estimate of drug-likeness (QED) is 0.854. The highest BCUT2D eigenvalue weighted by Crippen LogP contribution is 2.24. The number of hydrogen-bond donors (Lipinski definition) is 1. The Morgan fingerprint density at radius 1 is 1.06 bits per heavy atom. The van der Waals surface area contributed by atoms with Crippen LogP contribution in [0.3, 0.4) is 0 Å². The van der Waals surface area contributed by atoms with Gasteiger partial charge in [-0.3, -0.25) is 15.2 Å². The summed E-state index contributed by atoms with van der Waals surface area (Å²) >= 11 is 0. The zero-order chi connectivity index (χ0) is 11.7. The number of rotatable bonds is 2. The van der Waals surface area contributed by atoms with E-state index in [0.717, 1.165) is 24.0 Å². The summed E-state index contributed by atoms with van der Waals surface area (Å²) in [4.78, 5) is 11.6. The van der Waals surface area contributed by atoms with E-state index >= 15 is 0 Å². The van der Waals surface area contributed by atoms with Crippen molar-refractivity contribution >= 4 is 22.4 Å². The van der Waals surface area contributed by atoms with Gasteiger partial charge >= 0.3 is 0 Å². The van der Waals surface area contributed by atoms with E-state index in [1.165, 1.54) is 5.39 Å². The summed E-state index contributed by atoms with van der Waals surface area (Å²) < 4.78 is 0. The van der Waals surface area contributed by atoms with E-state index in [9.17, 15) is 4.79 Å². The van der Waals surface area contributed by atoms with Gasteiger partial charge in [0.1, 0.15) is 0 Å². The van der Waals surface area contributed by atoms with Crippen molar-refractivity contribution in [1.82, 2.24) is 5.01 Å². The maximum Gasteiger partial charge on any atom is 0.240 e. The van der Waals surface area contributed by atoms with Gasteiger partial charge in [0.15, 0.2) is 0 Å². The Labute approximate surface area is 100 Å². The van der Waals surface area contributed by atoms with Crippen LogP contribution in [0, 0.1) is 0 Å². The van der Waals surface area contributed by atoms with Crippen LogP contribution in [0.4, 0.5) is 5.69 Å². The highest BCUT2D eigenvalue weighted by atomic mass is 16.2. The number of benzene rings is 2. The lowest BCUT2D eigenvalue weighted by Crippen LogP contribution is -2.30. The second-order valence-corrected chi connectivity index (χ2v) is 4.29. The molecule has 0 aromatic heterocycles. The Morgan fingerprint density at radius 2 is 1.88 bits per heavy atom. The number of carbonyl (C=O) groups is 1. The van der Waals surface area contributed by atoms with Crippen molar-refractivity contribution < 1.29 is 4.79 Å². The molecule has 0 saturated carbocycles. The number of nitrogens with zero attached hydrogens (tertiary/aromatic N) is 1. The van der Waals surface area contributed by atoms with Crippen LogP contribution in [-0.4, -0.2) is 17.5 Å². The van der Waals surface area contributed by atoms with Crippen molar-refractivity contribution in [3.8, 4) is 0 Å². The summed E-state index contributed by atoms with van der Waals surface area (Å²) in [6, 6.07) is 14.3. The van der Waals surface area contributed by atoms with Crippen LogP contribution in [0.2, 0.25) is 0 Å². The first kappa shape index (κ1) is 10.1. The molecule has 0 spiro atoms. The lowest BCUT2D eigenvalue weighted by atomic mass is 10.1. The van der Waals surface area contributed by atoms with Gasteiger partial charge in [-0.2, -0.15) is 0 Å². The minimum absolute atomic E-state index is 0.179. The molecule has 0 atom stereocenters. The van der Waals surface area contributed by atoms with Crippen LogP contribution >= 0.6 is 0 Å². The Hall–Kier alpha value is -2.03. The SMILES string of the molecule is O=C1CCCN1Nc1cccc2ccccc12. The van der Waals surface area contributed by atoms with Crippen molar-refractivity contribution in [1.29, 1.82) is 0 Å². The van der Waals surface area contributed by atoms with Crippen LogP contribution < -0.4 is 5.43 Å². The second kappa shape index (κ2) is 4.09. The fraction of sp³-hybridized carbons (Fsp3) is 0.214.